The summed E-state index contributed by atoms with van der Waals surface area (Å²) in [6.07, 6.45) is 3.92. The molecule has 0 saturated carbocycles. The number of hydrogen-bond acceptors (Lipinski definition) is 3. The minimum atomic E-state index is -4.43. The Hall–Kier alpha value is -2.54. The van der Waals surface area contributed by atoms with E-state index in [4.69, 9.17) is 0 Å². The molecule has 1 aromatic carbocycles. The van der Waals surface area contributed by atoms with Crippen molar-refractivity contribution in [2.24, 2.45) is 5.92 Å². The van der Waals surface area contributed by atoms with Gasteiger partial charge in [0.2, 0.25) is 5.91 Å². The lowest BCUT2D eigenvalue weighted by atomic mass is 9.93. The Morgan fingerprint density at radius 3 is 2.62 bits per heavy atom. The summed E-state index contributed by atoms with van der Waals surface area (Å²) < 4.78 is 38.4. The number of nitrogens with one attached hydrogen (secondary N) is 2. The molecule has 1 amide bonds. The van der Waals surface area contributed by atoms with Crippen LogP contribution < -0.4 is 10.6 Å². The second kappa shape index (κ2) is 14.0. The van der Waals surface area contributed by atoms with E-state index in [-0.39, 0.29) is 11.8 Å². The van der Waals surface area contributed by atoms with Gasteiger partial charge in [-0.25, -0.2) is 0 Å². The predicted molar refractivity (Wildman–Crippen MR) is 132 cm³/mol. The maximum atomic E-state index is 12.8. The summed E-state index contributed by atoms with van der Waals surface area (Å²) in [4.78, 5) is 15.0. The van der Waals surface area contributed by atoms with E-state index < -0.39 is 11.7 Å². The molecule has 1 aliphatic rings. The van der Waals surface area contributed by atoms with Crippen LogP contribution in [-0.2, 0) is 4.79 Å². The van der Waals surface area contributed by atoms with E-state index in [0.29, 0.717) is 25.0 Å². The number of hydrogen-bond donors (Lipinski definition) is 2. The Morgan fingerprint density at radius 2 is 1.97 bits per heavy atom. The molecular weight excluding hydrogens is 439 g/mol. The highest BCUT2D eigenvalue weighted by atomic mass is 19.4. The van der Waals surface area contributed by atoms with Crippen LogP contribution in [0.5, 0.6) is 0 Å². The van der Waals surface area contributed by atoms with Crippen molar-refractivity contribution in [1.82, 2.24) is 15.5 Å². The van der Waals surface area contributed by atoms with Crippen LogP contribution in [0.25, 0.3) is 0 Å². The first-order valence-corrected chi connectivity index (χ1v) is 12.1. The maximum absolute atomic E-state index is 12.8. The number of rotatable bonds is 13. The molecule has 0 aromatic heterocycles. The van der Waals surface area contributed by atoms with Crippen LogP contribution in [0.1, 0.15) is 51.0 Å². The molecule has 2 N–H and O–H groups in total. The molecule has 1 aromatic rings. The molecule has 2 rings (SSSR count). The van der Waals surface area contributed by atoms with E-state index in [9.17, 15) is 18.0 Å². The minimum Gasteiger partial charge on any atom is -0.389 e. The standard InChI is InChI=1S/C27H38F3N3O/c1-4-9-24(27(28,29)30)14-16-31-17-18-32-26(34)23-15-19-33(20-23)25(5-2)13-12-21(3)22-10-7-6-8-11-22/h4,6-11,14,16,21,23,25,31H,1,5,12-13,15,17-20H2,2-3H3,(H,32,34)/b16-14+,24-9+/t21-,23+,25?/m0/s1. The van der Waals surface area contributed by atoms with Crippen LogP contribution in [0, 0.1) is 5.92 Å². The van der Waals surface area contributed by atoms with E-state index in [2.05, 4.69) is 60.2 Å². The van der Waals surface area contributed by atoms with Crippen molar-refractivity contribution in [3.63, 3.8) is 0 Å². The Labute approximate surface area is 202 Å². The van der Waals surface area contributed by atoms with Gasteiger partial charge < -0.3 is 10.6 Å². The van der Waals surface area contributed by atoms with Gasteiger partial charge in [0.1, 0.15) is 0 Å². The zero-order valence-electron chi connectivity index (χ0n) is 20.3. The van der Waals surface area contributed by atoms with Gasteiger partial charge in [0.15, 0.2) is 0 Å². The topological polar surface area (TPSA) is 44.4 Å². The third-order valence-corrected chi connectivity index (χ3v) is 6.45. The number of carbonyl (C=O) groups is 1. The first-order chi connectivity index (χ1) is 16.3. The van der Waals surface area contributed by atoms with Crippen LogP contribution in [0.3, 0.4) is 0 Å². The van der Waals surface area contributed by atoms with Gasteiger partial charge in [0.05, 0.1) is 11.5 Å². The number of allylic oxidation sites excluding steroid dienone is 4. The fraction of sp³-hybridized carbons (Fsp3) is 0.519. The number of nitrogens with zero attached hydrogens (tertiary/aromatic N) is 1. The van der Waals surface area contributed by atoms with Gasteiger partial charge in [-0.1, -0.05) is 62.9 Å². The average Bonchev–Trinajstić information content (AvgIpc) is 3.31. The smallest absolute Gasteiger partial charge is 0.389 e. The van der Waals surface area contributed by atoms with E-state index in [1.54, 1.807) is 0 Å². The summed E-state index contributed by atoms with van der Waals surface area (Å²) >= 11 is 0. The molecule has 1 fully saturated rings. The molecule has 7 heteroatoms. The van der Waals surface area contributed by atoms with Gasteiger partial charge in [-0.3, -0.25) is 9.69 Å². The molecule has 1 heterocycles. The molecule has 0 radical (unpaired) electrons. The zero-order chi connectivity index (χ0) is 25.0. The molecule has 3 atom stereocenters. The first kappa shape index (κ1) is 27.7. The molecule has 4 nitrogen and oxygen atoms in total. The molecule has 1 aliphatic heterocycles. The summed E-state index contributed by atoms with van der Waals surface area (Å²) in [6.45, 7) is 10.2. The van der Waals surface area contributed by atoms with Crippen molar-refractivity contribution in [2.45, 2.75) is 57.7 Å². The molecule has 34 heavy (non-hydrogen) atoms. The number of likely N-dealkylation sites (tertiary alicyclic amines) is 1. The minimum absolute atomic E-state index is 0.0170. The number of carbonyl (C=O) groups excluding carboxylic acids is 1. The number of benzene rings is 1. The van der Waals surface area contributed by atoms with E-state index in [1.807, 2.05) is 6.07 Å². The molecule has 0 aliphatic carbocycles. The molecule has 0 spiro atoms. The third-order valence-electron chi connectivity index (χ3n) is 6.45. The Morgan fingerprint density at radius 1 is 1.24 bits per heavy atom. The van der Waals surface area contributed by atoms with Crippen molar-refractivity contribution >= 4 is 5.91 Å². The van der Waals surface area contributed by atoms with Crippen LogP contribution in [0.4, 0.5) is 13.2 Å². The van der Waals surface area contributed by atoms with Crippen molar-refractivity contribution in [3.8, 4) is 0 Å². The van der Waals surface area contributed by atoms with Crippen LogP contribution in [0.15, 0.2) is 66.9 Å². The van der Waals surface area contributed by atoms with Gasteiger partial charge in [-0.05, 0) is 56.0 Å². The Bertz CT molecular complexity index is 820. The largest absolute Gasteiger partial charge is 0.416 e. The fourth-order valence-corrected chi connectivity index (χ4v) is 4.37. The summed E-state index contributed by atoms with van der Waals surface area (Å²) in [5.74, 6) is 0.491. The van der Waals surface area contributed by atoms with Gasteiger partial charge >= 0.3 is 6.18 Å². The van der Waals surface area contributed by atoms with Crippen LogP contribution in [0.2, 0.25) is 0 Å². The highest BCUT2D eigenvalue weighted by molar-refractivity contribution is 5.79. The van der Waals surface area contributed by atoms with Crippen molar-refractivity contribution in [1.29, 1.82) is 0 Å². The monoisotopic (exact) mass is 477 g/mol. The van der Waals surface area contributed by atoms with Gasteiger partial charge in [-0.15, -0.1) is 0 Å². The molecular formula is C27H38F3N3O. The Balaban J connectivity index is 1.70. The van der Waals surface area contributed by atoms with Gasteiger partial charge in [-0.2, -0.15) is 13.2 Å². The SMILES string of the molecule is C=C/C=C(\C=C\NCCNC(=O)[C@@H]1CCN(C(CC)CC[C@H](C)c2ccccc2)C1)C(F)(F)F. The lowest BCUT2D eigenvalue weighted by molar-refractivity contribution is -0.124. The predicted octanol–water partition coefficient (Wildman–Crippen LogP) is 5.57. The first-order valence-electron chi connectivity index (χ1n) is 12.1. The van der Waals surface area contributed by atoms with Crippen LogP contribution in [-0.4, -0.2) is 49.2 Å². The second-order valence-corrected chi connectivity index (χ2v) is 8.87. The van der Waals surface area contributed by atoms with Crippen molar-refractivity contribution < 1.29 is 18.0 Å². The Kier molecular flexibility index (Phi) is 11.4. The summed E-state index contributed by atoms with van der Waals surface area (Å²) in [5.41, 5.74) is 0.583. The maximum Gasteiger partial charge on any atom is 0.416 e. The van der Waals surface area contributed by atoms with Crippen molar-refractivity contribution in [2.75, 3.05) is 26.2 Å². The zero-order valence-corrected chi connectivity index (χ0v) is 20.3. The summed E-state index contributed by atoms with van der Waals surface area (Å²) in [6, 6.07) is 11.0. The molecule has 188 valence electrons. The average molecular weight is 478 g/mol. The molecule has 1 unspecified atom stereocenters. The van der Waals surface area contributed by atoms with E-state index in [0.717, 1.165) is 57.0 Å². The molecule has 0 bridgehead atoms. The van der Waals surface area contributed by atoms with E-state index in [1.165, 1.54) is 11.8 Å². The second-order valence-electron chi connectivity index (χ2n) is 8.87. The lowest BCUT2D eigenvalue weighted by Gasteiger charge is -2.28. The molecule has 1 saturated heterocycles. The van der Waals surface area contributed by atoms with Gasteiger partial charge in [0, 0.05) is 25.7 Å². The van der Waals surface area contributed by atoms with E-state index >= 15 is 0 Å². The number of halogens is 3. The third kappa shape index (κ3) is 9.01. The summed E-state index contributed by atoms with van der Waals surface area (Å²) in [7, 11) is 0. The summed E-state index contributed by atoms with van der Waals surface area (Å²) in [5, 5.41) is 5.69. The highest BCUT2D eigenvalue weighted by Gasteiger charge is 2.32. The quantitative estimate of drug-likeness (QED) is 0.289. The fourth-order valence-electron chi connectivity index (χ4n) is 4.37. The number of amides is 1. The number of alkyl halides is 3. The normalized spacial score (nSPS) is 19.2. The lowest BCUT2D eigenvalue weighted by Crippen LogP contribution is -2.38. The van der Waals surface area contributed by atoms with Gasteiger partial charge in [0.25, 0.3) is 0 Å². The van der Waals surface area contributed by atoms with Crippen LogP contribution >= 0.6 is 0 Å². The van der Waals surface area contributed by atoms with Crippen molar-refractivity contribution in [3.05, 3.63) is 72.5 Å². The highest BCUT2D eigenvalue weighted by Crippen LogP contribution is 2.27.